The number of anilines is 1. The summed E-state index contributed by atoms with van der Waals surface area (Å²) in [7, 11) is 0. The van der Waals surface area contributed by atoms with Gasteiger partial charge in [-0.1, -0.05) is 6.07 Å². The first-order valence-electron chi connectivity index (χ1n) is 10.2. The molecular formula is C22H32N2O2. The maximum atomic E-state index is 12.5. The highest BCUT2D eigenvalue weighted by Crippen LogP contribution is 2.46. The molecule has 2 fully saturated rings. The van der Waals surface area contributed by atoms with Crippen LogP contribution in [0.5, 0.6) is 0 Å². The summed E-state index contributed by atoms with van der Waals surface area (Å²) in [5.74, 6) is 0.111. The van der Waals surface area contributed by atoms with Crippen molar-refractivity contribution in [2.24, 2.45) is 5.41 Å². The minimum absolute atomic E-state index is 0.0198. The average molecular weight is 357 g/mol. The van der Waals surface area contributed by atoms with Crippen molar-refractivity contribution in [2.75, 3.05) is 31.6 Å². The maximum absolute atomic E-state index is 12.5. The molecular weight excluding hydrogens is 324 g/mol. The molecule has 1 amide bonds. The van der Waals surface area contributed by atoms with Gasteiger partial charge in [0.05, 0.1) is 18.8 Å². The van der Waals surface area contributed by atoms with Gasteiger partial charge in [0.2, 0.25) is 5.91 Å². The number of likely N-dealkylation sites (tertiary alicyclic amines) is 1. The SMILES string of the molecule is CC1(C)CC2(CCN(CC(=O)Nc3ccc4c(c3)CCCC4)CC2)CO1. The molecule has 3 aliphatic rings. The van der Waals surface area contributed by atoms with Crippen LogP contribution in [0.3, 0.4) is 0 Å². The van der Waals surface area contributed by atoms with E-state index in [0.717, 1.165) is 51.1 Å². The first-order chi connectivity index (χ1) is 12.4. The first-order valence-corrected chi connectivity index (χ1v) is 10.2. The monoisotopic (exact) mass is 356 g/mol. The number of amides is 1. The number of ether oxygens (including phenoxy) is 1. The third-order valence-electron chi connectivity index (χ3n) is 6.49. The highest BCUT2D eigenvalue weighted by atomic mass is 16.5. The Kier molecular flexibility index (Phi) is 4.83. The second-order valence-electron chi connectivity index (χ2n) is 9.24. The van der Waals surface area contributed by atoms with Crippen LogP contribution in [0.1, 0.15) is 57.1 Å². The molecule has 0 aromatic heterocycles. The molecule has 2 saturated heterocycles. The summed E-state index contributed by atoms with van der Waals surface area (Å²) in [4.78, 5) is 14.8. The lowest BCUT2D eigenvalue weighted by Gasteiger charge is -2.38. The minimum atomic E-state index is 0.0198. The van der Waals surface area contributed by atoms with Gasteiger partial charge >= 0.3 is 0 Å². The van der Waals surface area contributed by atoms with E-state index in [1.54, 1.807) is 0 Å². The summed E-state index contributed by atoms with van der Waals surface area (Å²) < 4.78 is 5.98. The molecule has 4 nitrogen and oxygen atoms in total. The quantitative estimate of drug-likeness (QED) is 0.896. The molecule has 4 heteroatoms. The van der Waals surface area contributed by atoms with E-state index in [1.807, 2.05) is 0 Å². The lowest BCUT2D eigenvalue weighted by Crippen LogP contribution is -2.44. The molecule has 0 bridgehead atoms. The molecule has 142 valence electrons. The summed E-state index contributed by atoms with van der Waals surface area (Å²) >= 11 is 0. The van der Waals surface area contributed by atoms with Gasteiger partial charge in [-0.25, -0.2) is 0 Å². The molecule has 1 spiro atoms. The van der Waals surface area contributed by atoms with E-state index >= 15 is 0 Å². The van der Waals surface area contributed by atoms with Gasteiger partial charge in [-0.15, -0.1) is 0 Å². The highest BCUT2D eigenvalue weighted by molar-refractivity contribution is 5.92. The van der Waals surface area contributed by atoms with Crippen LogP contribution in [-0.4, -0.2) is 42.6 Å². The van der Waals surface area contributed by atoms with Gasteiger partial charge in [-0.05, 0) is 101 Å². The van der Waals surface area contributed by atoms with Crippen LogP contribution in [0.2, 0.25) is 0 Å². The van der Waals surface area contributed by atoms with Gasteiger partial charge in [0, 0.05) is 5.69 Å². The van der Waals surface area contributed by atoms with Gasteiger partial charge in [-0.3, -0.25) is 9.69 Å². The fourth-order valence-corrected chi connectivity index (χ4v) is 5.08. The Balaban J connectivity index is 1.28. The molecule has 2 heterocycles. The second kappa shape index (κ2) is 6.97. The number of carbonyl (C=O) groups excluding carboxylic acids is 1. The highest BCUT2D eigenvalue weighted by Gasteiger charge is 2.45. The van der Waals surface area contributed by atoms with Crippen LogP contribution in [0.4, 0.5) is 5.69 Å². The largest absolute Gasteiger partial charge is 0.375 e. The predicted molar refractivity (Wildman–Crippen MR) is 104 cm³/mol. The summed E-state index contributed by atoms with van der Waals surface area (Å²) in [5, 5.41) is 3.11. The van der Waals surface area contributed by atoms with Crippen LogP contribution in [0, 0.1) is 5.41 Å². The zero-order chi connectivity index (χ0) is 18.2. The number of carbonyl (C=O) groups is 1. The number of piperidine rings is 1. The van der Waals surface area contributed by atoms with Crippen molar-refractivity contribution in [3.8, 4) is 0 Å². The maximum Gasteiger partial charge on any atom is 0.238 e. The minimum Gasteiger partial charge on any atom is -0.375 e. The average Bonchev–Trinajstić information content (AvgIpc) is 2.92. The molecule has 26 heavy (non-hydrogen) atoms. The summed E-state index contributed by atoms with van der Waals surface area (Å²) in [6.07, 6.45) is 8.31. The van der Waals surface area contributed by atoms with Gasteiger partial charge in [0.15, 0.2) is 0 Å². The van der Waals surface area contributed by atoms with Gasteiger partial charge < -0.3 is 10.1 Å². The third kappa shape index (κ3) is 3.96. The zero-order valence-corrected chi connectivity index (χ0v) is 16.3. The summed E-state index contributed by atoms with van der Waals surface area (Å²) in [5.41, 5.74) is 4.19. The lowest BCUT2D eigenvalue weighted by molar-refractivity contribution is -0.117. The number of nitrogens with zero attached hydrogens (tertiary/aromatic N) is 1. The Morgan fingerprint density at radius 3 is 2.58 bits per heavy atom. The standard InChI is InChI=1S/C22H32N2O2/c1-21(2)15-22(16-26-21)9-11-24(12-10-22)14-20(25)23-19-8-7-17-5-3-4-6-18(17)13-19/h7-8,13H,3-6,9-12,14-16H2,1-2H3,(H,23,25). The van der Waals surface area contributed by atoms with Crippen molar-refractivity contribution < 1.29 is 9.53 Å². The van der Waals surface area contributed by atoms with Gasteiger partial charge in [0.1, 0.15) is 0 Å². The van der Waals surface area contributed by atoms with Crippen LogP contribution in [-0.2, 0) is 22.4 Å². The van der Waals surface area contributed by atoms with E-state index in [4.69, 9.17) is 4.74 Å². The molecule has 0 atom stereocenters. The van der Waals surface area contributed by atoms with Gasteiger partial charge in [-0.2, -0.15) is 0 Å². The Labute approximate surface area is 157 Å². The number of aryl methyl sites for hydroxylation is 2. The van der Waals surface area contributed by atoms with E-state index in [0.29, 0.717) is 12.0 Å². The number of fused-ring (bicyclic) bond motifs is 1. The van der Waals surface area contributed by atoms with Crippen molar-refractivity contribution in [1.82, 2.24) is 4.90 Å². The molecule has 1 aromatic carbocycles. The molecule has 2 aliphatic heterocycles. The van der Waals surface area contributed by atoms with Crippen molar-refractivity contribution in [2.45, 2.75) is 64.4 Å². The molecule has 0 saturated carbocycles. The summed E-state index contributed by atoms with van der Waals surface area (Å²) in [6.45, 7) is 7.76. The molecule has 1 aliphatic carbocycles. The molecule has 0 radical (unpaired) electrons. The number of nitrogens with one attached hydrogen (secondary N) is 1. The normalized spacial score (nSPS) is 24.4. The first kappa shape index (κ1) is 18.0. The predicted octanol–water partition coefficient (Wildman–Crippen LogP) is 3.79. The fourth-order valence-electron chi connectivity index (χ4n) is 5.08. The van der Waals surface area contributed by atoms with Crippen molar-refractivity contribution in [1.29, 1.82) is 0 Å². The third-order valence-corrected chi connectivity index (χ3v) is 6.49. The van der Waals surface area contributed by atoms with E-state index < -0.39 is 0 Å². The zero-order valence-electron chi connectivity index (χ0n) is 16.3. The van der Waals surface area contributed by atoms with Crippen molar-refractivity contribution in [3.63, 3.8) is 0 Å². The molecule has 4 rings (SSSR count). The van der Waals surface area contributed by atoms with Crippen LogP contribution in [0.25, 0.3) is 0 Å². The lowest BCUT2D eigenvalue weighted by atomic mass is 9.74. The Hall–Kier alpha value is -1.39. The van der Waals surface area contributed by atoms with Crippen molar-refractivity contribution in [3.05, 3.63) is 29.3 Å². The van der Waals surface area contributed by atoms with Gasteiger partial charge in [0.25, 0.3) is 0 Å². The topological polar surface area (TPSA) is 41.6 Å². The van der Waals surface area contributed by atoms with E-state index in [-0.39, 0.29) is 11.5 Å². The second-order valence-corrected chi connectivity index (χ2v) is 9.24. The Bertz CT molecular complexity index is 675. The smallest absolute Gasteiger partial charge is 0.238 e. The van der Waals surface area contributed by atoms with Crippen LogP contribution in [0.15, 0.2) is 18.2 Å². The summed E-state index contributed by atoms with van der Waals surface area (Å²) in [6, 6.07) is 6.43. The van der Waals surface area contributed by atoms with E-state index in [2.05, 4.69) is 42.3 Å². The Morgan fingerprint density at radius 2 is 1.88 bits per heavy atom. The molecule has 1 N–H and O–H groups in total. The number of rotatable bonds is 3. The molecule has 1 aromatic rings. The van der Waals surface area contributed by atoms with Crippen LogP contribution < -0.4 is 5.32 Å². The van der Waals surface area contributed by atoms with E-state index in [9.17, 15) is 4.79 Å². The van der Waals surface area contributed by atoms with E-state index in [1.165, 1.54) is 30.4 Å². The number of hydrogen-bond acceptors (Lipinski definition) is 3. The molecule has 0 unspecified atom stereocenters. The van der Waals surface area contributed by atoms with Crippen LogP contribution >= 0.6 is 0 Å². The number of benzene rings is 1. The van der Waals surface area contributed by atoms with Crippen molar-refractivity contribution >= 4 is 11.6 Å². The fraction of sp³-hybridized carbons (Fsp3) is 0.682. The Morgan fingerprint density at radius 1 is 1.15 bits per heavy atom. The number of hydrogen-bond donors (Lipinski definition) is 1.